The molecule has 0 aliphatic heterocycles. The Bertz CT molecular complexity index is 997. The van der Waals surface area contributed by atoms with Crippen LogP contribution in [-0.2, 0) is 17.6 Å². The Morgan fingerprint density at radius 3 is 2.41 bits per heavy atom. The highest BCUT2D eigenvalue weighted by Crippen LogP contribution is 2.31. The highest BCUT2D eigenvalue weighted by molar-refractivity contribution is 14.1. The molecular weight excluding hydrogens is 570 g/mol. The molecule has 0 bridgehead atoms. The molecule has 0 aliphatic carbocycles. The molecule has 0 fully saturated rings. The summed E-state index contributed by atoms with van der Waals surface area (Å²) >= 11 is 4.20. The Morgan fingerprint density at radius 1 is 1.11 bits per heavy atom. The van der Waals surface area contributed by atoms with E-state index < -0.39 is 5.97 Å². The number of hydrogen-bond donors (Lipinski definition) is 1. The number of carbonyl (C=O) groups is 2. The highest BCUT2D eigenvalue weighted by Gasteiger charge is 2.23. The zero-order valence-corrected chi connectivity index (χ0v) is 19.0. The topological polar surface area (TPSA) is 67.5 Å². The van der Waals surface area contributed by atoms with Crippen LogP contribution in [-0.4, -0.2) is 16.9 Å². The fourth-order valence-electron chi connectivity index (χ4n) is 3.06. The van der Waals surface area contributed by atoms with E-state index in [9.17, 15) is 9.59 Å². The Labute approximate surface area is 184 Å². The molecule has 140 valence electrons. The molecule has 1 N–H and O–H groups in total. The third kappa shape index (κ3) is 4.37. The summed E-state index contributed by atoms with van der Waals surface area (Å²) in [6.45, 7) is 2.11. The van der Waals surface area contributed by atoms with Gasteiger partial charge >= 0.3 is 5.97 Å². The summed E-state index contributed by atoms with van der Waals surface area (Å²) in [6.07, 6.45) is 2.63. The molecule has 0 amide bonds. The lowest BCUT2D eigenvalue weighted by Crippen LogP contribution is -2.09. The van der Waals surface area contributed by atoms with Gasteiger partial charge in [-0.25, -0.2) is 0 Å². The molecule has 0 aliphatic rings. The molecular formula is C21H18I2O4. The number of unbranched alkanes of at least 4 members (excludes halogenated alkanes) is 1. The molecule has 0 saturated heterocycles. The number of rotatable bonds is 7. The number of carboxylic acids is 1. The number of fused-ring (bicyclic) bond motifs is 1. The number of carboxylic acid groups (broad SMARTS) is 1. The van der Waals surface area contributed by atoms with Crippen molar-refractivity contribution < 1.29 is 19.1 Å². The third-order valence-corrected chi connectivity index (χ3v) is 6.31. The molecule has 2 aromatic carbocycles. The van der Waals surface area contributed by atoms with Crippen LogP contribution in [0.1, 0.15) is 47.0 Å². The summed E-state index contributed by atoms with van der Waals surface area (Å²) in [5.74, 6) is -0.237. The number of carbonyl (C=O) groups excluding carboxylic acids is 1. The number of para-hydroxylation sites is 1. The van der Waals surface area contributed by atoms with Gasteiger partial charge in [0, 0.05) is 24.5 Å². The predicted octanol–water partition coefficient (Wildman–Crippen LogP) is 5.84. The fraction of sp³-hybridized carbons (Fsp3) is 0.238. The van der Waals surface area contributed by atoms with Crippen LogP contribution < -0.4 is 0 Å². The summed E-state index contributed by atoms with van der Waals surface area (Å²) in [6, 6.07) is 11.1. The van der Waals surface area contributed by atoms with Gasteiger partial charge in [-0.1, -0.05) is 31.5 Å². The maximum absolute atomic E-state index is 13.4. The lowest BCUT2D eigenvalue weighted by Gasteiger charge is -2.09. The third-order valence-electron chi connectivity index (χ3n) is 4.38. The molecule has 0 atom stereocenters. The van der Waals surface area contributed by atoms with E-state index in [-0.39, 0.29) is 12.2 Å². The number of benzene rings is 2. The molecule has 3 aromatic rings. The van der Waals surface area contributed by atoms with Crippen LogP contribution in [0.4, 0.5) is 0 Å². The van der Waals surface area contributed by atoms with Gasteiger partial charge in [-0.05, 0) is 75.4 Å². The molecule has 0 spiro atoms. The second-order valence-electron chi connectivity index (χ2n) is 6.32. The first-order valence-corrected chi connectivity index (χ1v) is 10.8. The monoisotopic (exact) mass is 588 g/mol. The number of furan rings is 1. The molecule has 1 heterocycles. The molecule has 4 nitrogen and oxygen atoms in total. The first-order chi connectivity index (χ1) is 12.9. The molecule has 0 saturated carbocycles. The number of aryl methyl sites for hydroxylation is 1. The Hall–Kier alpha value is -1.42. The molecule has 0 radical (unpaired) electrons. The smallest absolute Gasteiger partial charge is 0.307 e. The molecule has 6 heteroatoms. The summed E-state index contributed by atoms with van der Waals surface area (Å²) in [5.41, 5.74) is 2.64. The minimum atomic E-state index is -0.882. The first kappa shape index (κ1) is 20.3. The van der Waals surface area contributed by atoms with Gasteiger partial charge in [0.2, 0.25) is 0 Å². The van der Waals surface area contributed by atoms with Crippen molar-refractivity contribution in [3.63, 3.8) is 0 Å². The van der Waals surface area contributed by atoms with Gasteiger partial charge in [0.1, 0.15) is 11.3 Å². The molecule has 1 aromatic heterocycles. The average molecular weight is 588 g/mol. The van der Waals surface area contributed by atoms with Gasteiger partial charge in [-0.3, -0.25) is 9.59 Å². The lowest BCUT2D eigenvalue weighted by atomic mass is 9.97. The van der Waals surface area contributed by atoms with Crippen LogP contribution >= 0.6 is 45.2 Å². The van der Waals surface area contributed by atoms with E-state index in [1.165, 1.54) is 0 Å². The summed E-state index contributed by atoms with van der Waals surface area (Å²) in [4.78, 5) is 24.4. The van der Waals surface area contributed by atoms with Gasteiger partial charge < -0.3 is 9.52 Å². The van der Waals surface area contributed by atoms with Crippen molar-refractivity contribution in [3.05, 3.63) is 66.0 Å². The van der Waals surface area contributed by atoms with Crippen LogP contribution in [0, 0.1) is 7.14 Å². The molecule has 27 heavy (non-hydrogen) atoms. The van der Waals surface area contributed by atoms with Crippen molar-refractivity contribution in [3.8, 4) is 0 Å². The van der Waals surface area contributed by atoms with Crippen LogP contribution in [0.15, 0.2) is 40.8 Å². The van der Waals surface area contributed by atoms with Crippen molar-refractivity contribution in [2.24, 2.45) is 0 Å². The second kappa shape index (κ2) is 8.72. The zero-order valence-electron chi connectivity index (χ0n) is 14.7. The average Bonchev–Trinajstić information content (AvgIpc) is 3.00. The van der Waals surface area contributed by atoms with Crippen molar-refractivity contribution in [2.45, 2.75) is 32.6 Å². The van der Waals surface area contributed by atoms with E-state index in [1.54, 1.807) is 12.1 Å². The van der Waals surface area contributed by atoms with E-state index >= 15 is 0 Å². The maximum atomic E-state index is 13.4. The normalized spacial score (nSPS) is 11.1. The van der Waals surface area contributed by atoms with E-state index in [1.807, 2.05) is 24.3 Å². The van der Waals surface area contributed by atoms with Gasteiger partial charge in [0.15, 0.2) is 5.78 Å². The van der Waals surface area contributed by atoms with Gasteiger partial charge in [0.05, 0.1) is 12.0 Å². The Morgan fingerprint density at radius 2 is 1.78 bits per heavy atom. The SMILES string of the molecule is CCCCc1oc2ccccc2c1C(=O)c1cc(I)c(CC(=O)O)c(I)c1. The number of hydrogen-bond acceptors (Lipinski definition) is 3. The van der Waals surface area contributed by atoms with Crippen molar-refractivity contribution in [1.29, 1.82) is 0 Å². The van der Waals surface area contributed by atoms with Crippen LogP contribution in [0.3, 0.4) is 0 Å². The molecule has 0 unspecified atom stereocenters. The zero-order chi connectivity index (χ0) is 19.6. The van der Waals surface area contributed by atoms with Crippen LogP contribution in [0.5, 0.6) is 0 Å². The largest absolute Gasteiger partial charge is 0.481 e. The predicted molar refractivity (Wildman–Crippen MR) is 121 cm³/mol. The minimum Gasteiger partial charge on any atom is -0.481 e. The van der Waals surface area contributed by atoms with E-state index in [0.717, 1.165) is 48.7 Å². The van der Waals surface area contributed by atoms with Gasteiger partial charge in [-0.2, -0.15) is 0 Å². The summed E-state index contributed by atoms with van der Waals surface area (Å²) in [7, 11) is 0. The quantitative estimate of drug-likeness (QED) is 0.278. The number of halogens is 2. The Kier molecular flexibility index (Phi) is 6.56. The minimum absolute atomic E-state index is 0.0542. The van der Waals surface area contributed by atoms with Crippen molar-refractivity contribution >= 4 is 67.9 Å². The highest BCUT2D eigenvalue weighted by atomic mass is 127. The first-order valence-electron chi connectivity index (χ1n) is 8.67. The van der Waals surface area contributed by atoms with Crippen LogP contribution in [0.25, 0.3) is 11.0 Å². The second-order valence-corrected chi connectivity index (χ2v) is 8.64. The van der Waals surface area contributed by atoms with E-state index in [2.05, 4.69) is 52.1 Å². The fourth-order valence-corrected chi connectivity index (χ4v) is 5.21. The van der Waals surface area contributed by atoms with Gasteiger partial charge in [-0.15, -0.1) is 0 Å². The van der Waals surface area contributed by atoms with E-state index in [0.29, 0.717) is 11.1 Å². The van der Waals surface area contributed by atoms with E-state index in [4.69, 9.17) is 9.52 Å². The Balaban J connectivity index is 2.09. The van der Waals surface area contributed by atoms with Crippen LogP contribution in [0.2, 0.25) is 0 Å². The number of ketones is 1. The summed E-state index contributed by atoms with van der Waals surface area (Å²) in [5, 5.41) is 9.92. The standard InChI is InChI=1S/C21H18I2O4/c1-2-3-7-18-20(13-6-4-5-8-17(13)27-18)21(26)12-9-15(22)14(11-19(24)25)16(23)10-12/h4-6,8-10H,2-3,7,11H2,1H3,(H,24,25). The summed E-state index contributed by atoms with van der Waals surface area (Å²) < 4.78 is 7.55. The lowest BCUT2D eigenvalue weighted by molar-refractivity contribution is -0.136. The van der Waals surface area contributed by atoms with Crippen molar-refractivity contribution in [2.75, 3.05) is 0 Å². The van der Waals surface area contributed by atoms with Gasteiger partial charge in [0.25, 0.3) is 0 Å². The maximum Gasteiger partial charge on any atom is 0.307 e. The van der Waals surface area contributed by atoms with Crippen molar-refractivity contribution in [1.82, 2.24) is 0 Å². The molecule has 3 rings (SSSR count). The number of aliphatic carboxylic acids is 1.